The van der Waals surface area contributed by atoms with Gasteiger partial charge in [0, 0.05) is 11.3 Å². The van der Waals surface area contributed by atoms with Crippen LogP contribution in [0.3, 0.4) is 0 Å². The first-order chi connectivity index (χ1) is 10.9. The number of hydrogen-bond donors (Lipinski definition) is 2. The third-order valence-corrected chi connectivity index (χ3v) is 3.05. The average molecular weight is 329 g/mol. The van der Waals surface area contributed by atoms with Gasteiger partial charge in [-0.3, -0.25) is 10.1 Å². The van der Waals surface area contributed by atoms with E-state index in [-0.39, 0.29) is 17.1 Å². The Bertz CT molecular complexity index is 699. The molecule has 0 aliphatic carbocycles. The van der Waals surface area contributed by atoms with E-state index in [2.05, 4.69) is 15.6 Å². The molecule has 0 saturated carbocycles. The monoisotopic (exact) mass is 329 g/mol. The minimum absolute atomic E-state index is 0.0910. The lowest BCUT2D eigenvalue weighted by Gasteiger charge is -2.11. The maximum absolute atomic E-state index is 12.1. The summed E-state index contributed by atoms with van der Waals surface area (Å²) in [6.07, 6.45) is 0.0910. The molecule has 6 heteroatoms. The first-order valence-corrected chi connectivity index (χ1v) is 7.67. The minimum atomic E-state index is -0.286. The summed E-state index contributed by atoms with van der Waals surface area (Å²) in [5.41, 5.74) is 1.37. The normalized spacial score (nSPS) is 10.3. The molecule has 0 fully saturated rings. The van der Waals surface area contributed by atoms with Crippen molar-refractivity contribution in [1.29, 1.82) is 0 Å². The Labute approximate surface area is 141 Å². The van der Waals surface area contributed by atoms with Crippen LogP contribution in [0.2, 0.25) is 0 Å². The number of nitrogens with one attached hydrogen (secondary N) is 2. The van der Waals surface area contributed by atoms with Crippen molar-refractivity contribution in [3.05, 3.63) is 53.7 Å². The van der Waals surface area contributed by atoms with Crippen molar-refractivity contribution in [1.82, 2.24) is 10.3 Å². The fraction of sp³-hybridized carbons (Fsp3) is 0.235. The summed E-state index contributed by atoms with van der Waals surface area (Å²) in [4.78, 5) is 16.4. The summed E-state index contributed by atoms with van der Waals surface area (Å²) in [5, 5.41) is 5.71. The fourth-order valence-corrected chi connectivity index (χ4v) is 2.09. The molecule has 0 unspecified atom stereocenters. The molecule has 0 radical (unpaired) electrons. The predicted molar refractivity (Wildman–Crippen MR) is 94.9 cm³/mol. The summed E-state index contributed by atoms with van der Waals surface area (Å²) < 4.78 is 5.54. The molecule has 2 rings (SSSR count). The van der Waals surface area contributed by atoms with Crippen molar-refractivity contribution < 1.29 is 9.53 Å². The van der Waals surface area contributed by atoms with Gasteiger partial charge in [0.2, 0.25) is 0 Å². The van der Waals surface area contributed by atoms with Crippen LogP contribution in [0.15, 0.2) is 42.5 Å². The number of carbonyl (C=O) groups is 1. The number of anilines is 1. The van der Waals surface area contributed by atoms with Gasteiger partial charge in [-0.15, -0.1) is 0 Å². The third kappa shape index (κ3) is 5.34. The lowest BCUT2D eigenvalue weighted by atomic mass is 10.2. The zero-order valence-corrected chi connectivity index (χ0v) is 14.1. The number of ether oxygens (including phenoxy) is 1. The fourth-order valence-electron chi connectivity index (χ4n) is 1.89. The molecule has 0 aliphatic heterocycles. The predicted octanol–water partition coefficient (Wildman–Crippen LogP) is 3.30. The molecule has 23 heavy (non-hydrogen) atoms. The van der Waals surface area contributed by atoms with Crippen molar-refractivity contribution in [3.8, 4) is 5.75 Å². The summed E-state index contributed by atoms with van der Waals surface area (Å²) in [6.45, 7) is 5.78. The van der Waals surface area contributed by atoms with Gasteiger partial charge in [-0.2, -0.15) is 0 Å². The first-order valence-electron chi connectivity index (χ1n) is 7.27. The number of amides is 1. The maximum atomic E-state index is 12.1. The molecular weight excluding hydrogens is 310 g/mol. The van der Waals surface area contributed by atoms with E-state index in [1.54, 1.807) is 30.3 Å². The van der Waals surface area contributed by atoms with Crippen LogP contribution in [-0.4, -0.2) is 22.1 Å². The van der Waals surface area contributed by atoms with E-state index in [1.807, 2.05) is 32.9 Å². The number of thiocarbonyl (C=S) groups is 1. The minimum Gasteiger partial charge on any atom is -0.491 e. The first kappa shape index (κ1) is 16.9. The molecular formula is C17H19N3O2S. The van der Waals surface area contributed by atoms with Crippen LogP contribution < -0.4 is 15.4 Å². The number of benzene rings is 1. The zero-order chi connectivity index (χ0) is 16.8. The third-order valence-electron chi connectivity index (χ3n) is 2.85. The van der Waals surface area contributed by atoms with Crippen LogP contribution in [0.4, 0.5) is 5.82 Å². The summed E-state index contributed by atoms with van der Waals surface area (Å²) in [6, 6.07) is 12.4. The molecule has 2 aromatic rings. The second kappa shape index (κ2) is 7.69. The van der Waals surface area contributed by atoms with Crippen LogP contribution in [0.25, 0.3) is 0 Å². The van der Waals surface area contributed by atoms with Crippen molar-refractivity contribution in [2.24, 2.45) is 0 Å². The van der Waals surface area contributed by atoms with Gasteiger partial charge in [0.1, 0.15) is 11.6 Å². The smallest absolute Gasteiger partial charge is 0.257 e. The quantitative estimate of drug-likeness (QED) is 0.843. The zero-order valence-electron chi connectivity index (χ0n) is 13.3. The highest BCUT2D eigenvalue weighted by atomic mass is 32.1. The topological polar surface area (TPSA) is 63.2 Å². The van der Waals surface area contributed by atoms with E-state index >= 15 is 0 Å². The van der Waals surface area contributed by atoms with Crippen LogP contribution in [0.5, 0.6) is 5.75 Å². The van der Waals surface area contributed by atoms with Gasteiger partial charge in [0.25, 0.3) is 5.91 Å². The van der Waals surface area contributed by atoms with Crippen LogP contribution in [0, 0.1) is 6.92 Å². The molecule has 1 amide bonds. The number of pyridine rings is 1. The van der Waals surface area contributed by atoms with E-state index < -0.39 is 0 Å². The van der Waals surface area contributed by atoms with Crippen molar-refractivity contribution in [2.45, 2.75) is 26.9 Å². The molecule has 0 bridgehead atoms. The number of rotatable bonds is 4. The maximum Gasteiger partial charge on any atom is 0.257 e. The molecule has 0 aliphatic rings. The van der Waals surface area contributed by atoms with Gasteiger partial charge in [-0.05, 0) is 69.4 Å². The molecule has 2 N–H and O–H groups in total. The van der Waals surface area contributed by atoms with Crippen LogP contribution >= 0.6 is 12.2 Å². The highest BCUT2D eigenvalue weighted by Crippen LogP contribution is 2.13. The highest BCUT2D eigenvalue weighted by molar-refractivity contribution is 7.80. The standard InChI is InChI=1S/C17H19N3O2S/c1-11(2)22-14-9-7-13(8-10-14)16(21)20-17(23)19-15-6-4-5-12(3)18-15/h4-11H,1-3H3,(H2,18,19,20,21,23). The van der Waals surface area contributed by atoms with Gasteiger partial charge in [-0.1, -0.05) is 6.07 Å². The van der Waals surface area contributed by atoms with E-state index in [1.165, 1.54) is 0 Å². The van der Waals surface area contributed by atoms with Crippen LogP contribution in [-0.2, 0) is 0 Å². The van der Waals surface area contributed by atoms with Gasteiger partial charge in [0.05, 0.1) is 6.10 Å². The second-order valence-electron chi connectivity index (χ2n) is 5.26. The van der Waals surface area contributed by atoms with Gasteiger partial charge in [-0.25, -0.2) is 4.98 Å². The largest absolute Gasteiger partial charge is 0.491 e. The molecule has 0 saturated heterocycles. The lowest BCUT2D eigenvalue weighted by Crippen LogP contribution is -2.34. The Morgan fingerprint density at radius 1 is 1.17 bits per heavy atom. The number of aromatic nitrogens is 1. The van der Waals surface area contributed by atoms with Gasteiger partial charge in [0.15, 0.2) is 5.11 Å². The second-order valence-corrected chi connectivity index (χ2v) is 5.67. The molecule has 120 valence electrons. The SMILES string of the molecule is Cc1cccc(NC(=S)NC(=O)c2ccc(OC(C)C)cc2)n1. The lowest BCUT2D eigenvalue weighted by molar-refractivity contribution is 0.0977. The van der Waals surface area contributed by atoms with Crippen LogP contribution in [0.1, 0.15) is 29.9 Å². The summed E-state index contributed by atoms with van der Waals surface area (Å²) >= 11 is 5.13. The number of hydrogen-bond acceptors (Lipinski definition) is 4. The number of nitrogens with zero attached hydrogens (tertiary/aromatic N) is 1. The Balaban J connectivity index is 1.94. The van der Waals surface area contributed by atoms with Gasteiger partial charge >= 0.3 is 0 Å². The van der Waals surface area contributed by atoms with E-state index in [0.29, 0.717) is 11.4 Å². The molecule has 1 heterocycles. The van der Waals surface area contributed by atoms with Crippen molar-refractivity contribution in [3.63, 3.8) is 0 Å². The van der Waals surface area contributed by atoms with E-state index in [9.17, 15) is 4.79 Å². The summed E-state index contributed by atoms with van der Waals surface area (Å²) in [5.74, 6) is 1.03. The molecule has 5 nitrogen and oxygen atoms in total. The van der Waals surface area contributed by atoms with Crippen molar-refractivity contribution >= 4 is 29.1 Å². The molecule has 0 atom stereocenters. The Hall–Kier alpha value is -2.47. The number of carbonyl (C=O) groups excluding carboxylic acids is 1. The average Bonchev–Trinajstić information content (AvgIpc) is 2.47. The Morgan fingerprint density at radius 2 is 1.87 bits per heavy atom. The molecule has 1 aromatic heterocycles. The Kier molecular flexibility index (Phi) is 5.65. The van der Waals surface area contributed by atoms with Crippen molar-refractivity contribution in [2.75, 3.05) is 5.32 Å². The molecule has 1 aromatic carbocycles. The summed E-state index contributed by atoms with van der Waals surface area (Å²) in [7, 11) is 0. The highest BCUT2D eigenvalue weighted by Gasteiger charge is 2.09. The van der Waals surface area contributed by atoms with E-state index in [0.717, 1.165) is 11.4 Å². The number of aryl methyl sites for hydroxylation is 1. The molecule has 0 spiro atoms. The Morgan fingerprint density at radius 3 is 2.48 bits per heavy atom. The van der Waals surface area contributed by atoms with E-state index in [4.69, 9.17) is 17.0 Å². The van der Waals surface area contributed by atoms with Gasteiger partial charge < -0.3 is 10.1 Å².